The van der Waals surface area contributed by atoms with Gasteiger partial charge in [-0.3, -0.25) is 4.79 Å². The molecule has 2 nitrogen and oxygen atoms in total. The van der Waals surface area contributed by atoms with Crippen molar-refractivity contribution in [1.82, 2.24) is 0 Å². The average molecular weight is 278 g/mol. The molecule has 2 fully saturated rings. The summed E-state index contributed by atoms with van der Waals surface area (Å²) in [6, 6.07) is 0. The number of allylic oxidation sites excluding steroid dienone is 1. The van der Waals surface area contributed by atoms with Crippen LogP contribution < -0.4 is 0 Å². The number of carbonyl (C=O) groups excluding carboxylic acids is 1. The van der Waals surface area contributed by atoms with Gasteiger partial charge in [0.25, 0.3) is 0 Å². The molecule has 2 saturated carbocycles. The van der Waals surface area contributed by atoms with Crippen molar-refractivity contribution in [3.63, 3.8) is 0 Å². The molecule has 2 rings (SSSR count). The van der Waals surface area contributed by atoms with Crippen molar-refractivity contribution < 1.29 is 9.53 Å². The highest BCUT2D eigenvalue weighted by atomic mass is 16.5. The second-order valence-electron chi connectivity index (χ2n) is 7.77. The van der Waals surface area contributed by atoms with Crippen LogP contribution in [0.3, 0.4) is 0 Å². The van der Waals surface area contributed by atoms with Gasteiger partial charge in [-0.2, -0.15) is 0 Å². The van der Waals surface area contributed by atoms with Crippen LogP contribution in [0.1, 0.15) is 65.7 Å². The molecule has 114 valence electrons. The Morgan fingerprint density at radius 1 is 1.25 bits per heavy atom. The van der Waals surface area contributed by atoms with Crippen LogP contribution in [0.2, 0.25) is 0 Å². The molecular weight excluding hydrogens is 248 g/mol. The smallest absolute Gasteiger partial charge is 0.312 e. The third-order valence-corrected chi connectivity index (χ3v) is 6.49. The molecule has 0 saturated heterocycles. The standard InChI is InChI=1S/C18H30O2/c1-6-10-18(15(19)20-5)13-7-9-14-16(2,3)11-8-12-17(14,18)4/h6,14H,1,7-13H2,2-5H3. The predicted octanol–water partition coefficient (Wildman–Crippen LogP) is 4.74. The highest BCUT2D eigenvalue weighted by Gasteiger charge is 2.62. The van der Waals surface area contributed by atoms with E-state index in [2.05, 4.69) is 27.4 Å². The van der Waals surface area contributed by atoms with Crippen molar-refractivity contribution >= 4 is 5.97 Å². The molecule has 0 spiro atoms. The maximum Gasteiger partial charge on any atom is 0.312 e. The molecule has 20 heavy (non-hydrogen) atoms. The van der Waals surface area contributed by atoms with Gasteiger partial charge in [-0.1, -0.05) is 39.7 Å². The number of ether oxygens (including phenoxy) is 1. The van der Waals surface area contributed by atoms with Crippen LogP contribution in [-0.2, 0) is 9.53 Å². The van der Waals surface area contributed by atoms with Gasteiger partial charge < -0.3 is 4.74 Å². The van der Waals surface area contributed by atoms with E-state index in [1.54, 1.807) is 0 Å². The molecule has 2 heteroatoms. The molecule has 0 aromatic heterocycles. The summed E-state index contributed by atoms with van der Waals surface area (Å²) in [5, 5.41) is 0. The Morgan fingerprint density at radius 2 is 1.95 bits per heavy atom. The molecule has 0 amide bonds. The Kier molecular flexibility index (Phi) is 4.05. The van der Waals surface area contributed by atoms with E-state index in [-0.39, 0.29) is 16.8 Å². The topological polar surface area (TPSA) is 26.3 Å². The minimum Gasteiger partial charge on any atom is -0.469 e. The Morgan fingerprint density at radius 3 is 2.55 bits per heavy atom. The summed E-state index contributed by atoms with van der Waals surface area (Å²) >= 11 is 0. The molecule has 0 aliphatic heterocycles. The van der Waals surface area contributed by atoms with Gasteiger partial charge in [0.05, 0.1) is 12.5 Å². The molecular formula is C18H30O2. The average Bonchev–Trinajstić information content (AvgIpc) is 2.39. The number of fused-ring (bicyclic) bond motifs is 1. The molecule has 2 aliphatic carbocycles. The lowest BCUT2D eigenvalue weighted by atomic mass is 9.42. The summed E-state index contributed by atoms with van der Waals surface area (Å²) in [6.07, 6.45) is 9.65. The molecule has 0 bridgehead atoms. The van der Waals surface area contributed by atoms with Crippen molar-refractivity contribution in [2.24, 2.45) is 22.2 Å². The van der Waals surface area contributed by atoms with Crippen LogP contribution in [0.5, 0.6) is 0 Å². The molecule has 3 unspecified atom stereocenters. The summed E-state index contributed by atoms with van der Waals surface area (Å²) in [4.78, 5) is 12.7. The Bertz CT molecular complexity index is 398. The maximum absolute atomic E-state index is 12.7. The molecule has 0 N–H and O–H groups in total. The van der Waals surface area contributed by atoms with Crippen LogP contribution in [0.4, 0.5) is 0 Å². The van der Waals surface area contributed by atoms with E-state index in [9.17, 15) is 4.79 Å². The quantitative estimate of drug-likeness (QED) is 0.550. The zero-order valence-corrected chi connectivity index (χ0v) is 13.6. The van der Waals surface area contributed by atoms with E-state index >= 15 is 0 Å². The first-order valence-corrected chi connectivity index (χ1v) is 8.03. The fourth-order valence-electron chi connectivity index (χ4n) is 5.49. The van der Waals surface area contributed by atoms with Gasteiger partial charge in [-0.25, -0.2) is 0 Å². The van der Waals surface area contributed by atoms with Crippen molar-refractivity contribution in [3.8, 4) is 0 Å². The SMILES string of the molecule is C=CCC1(C(=O)OC)CCCC2C(C)(C)CCCC21C. The normalized spacial score (nSPS) is 39.7. The minimum atomic E-state index is -0.357. The van der Waals surface area contributed by atoms with E-state index in [0.717, 1.165) is 25.7 Å². The zero-order valence-electron chi connectivity index (χ0n) is 13.6. The highest BCUT2D eigenvalue weighted by Crippen LogP contribution is 2.66. The molecule has 0 aromatic rings. The third-order valence-electron chi connectivity index (χ3n) is 6.49. The number of methoxy groups -OCH3 is 1. The van der Waals surface area contributed by atoms with Crippen molar-refractivity contribution in [2.45, 2.75) is 65.7 Å². The van der Waals surface area contributed by atoms with E-state index in [0.29, 0.717) is 11.3 Å². The van der Waals surface area contributed by atoms with Gasteiger partial charge in [0.15, 0.2) is 0 Å². The molecule has 2 aliphatic rings. The summed E-state index contributed by atoms with van der Waals surface area (Å²) in [6.45, 7) is 11.0. The Balaban J connectivity index is 2.50. The summed E-state index contributed by atoms with van der Waals surface area (Å²) in [5.41, 5.74) is 0.0201. The molecule has 0 aromatic carbocycles. The van der Waals surface area contributed by atoms with E-state index in [1.807, 2.05) is 6.08 Å². The van der Waals surface area contributed by atoms with Gasteiger partial charge in [-0.05, 0) is 48.9 Å². The second kappa shape index (κ2) is 5.20. The number of rotatable bonds is 3. The van der Waals surface area contributed by atoms with Crippen LogP contribution in [0.25, 0.3) is 0 Å². The van der Waals surface area contributed by atoms with Crippen LogP contribution in [0.15, 0.2) is 12.7 Å². The Labute approximate surface area is 124 Å². The highest BCUT2D eigenvalue weighted by molar-refractivity contribution is 5.78. The van der Waals surface area contributed by atoms with Crippen LogP contribution in [-0.4, -0.2) is 13.1 Å². The monoisotopic (exact) mass is 278 g/mol. The summed E-state index contributed by atoms with van der Waals surface area (Å²) < 4.78 is 5.24. The maximum atomic E-state index is 12.7. The lowest BCUT2D eigenvalue weighted by Gasteiger charge is -2.61. The third kappa shape index (κ3) is 2.03. The lowest BCUT2D eigenvalue weighted by Crippen LogP contribution is -2.58. The van der Waals surface area contributed by atoms with E-state index in [1.165, 1.54) is 26.4 Å². The predicted molar refractivity (Wildman–Crippen MR) is 82.3 cm³/mol. The number of hydrogen-bond acceptors (Lipinski definition) is 2. The summed E-state index contributed by atoms with van der Waals surface area (Å²) in [5.74, 6) is 0.596. The van der Waals surface area contributed by atoms with Crippen molar-refractivity contribution in [3.05, 3.63) is 12.7 Å². The first kappa shape index (κ1) is 15.6. The van der Waals surface area contributed by atoms with Gasteiger partial charge in [0.1, 0.15) is 0 Å². The van der Waals surface area contributed by atoms with Crippen LogP contribution in [0, 0.1) is 22.2 Å². The number of esters is 1. The van der Waals surface area contributed by atoms with Gasteiger partial charge in [0, 0.05) is 0 Å². The van der Waals surface area contributed by atoms with E-state index < -0.39 is 0 Å². The fraction of sp³-hybridized carbons (Fsp3) is 0.833. The Hall–Kier alpha value is -0.790. The van der Waals surface area contributed by atoms with Crippen molar-refractivity contribution in [1.29, 1.82) is 0 Å². The molecule has 3 atom stereocenters. The molecule has 0 radical (unpaired) electrons. The van der Waals surface area contributed by atoms with Gasteiger partial charge in [0.2, 0.25) is 0 Å². The first-order chi connectivity index (χ1) is 9.34. The fourth-order valence-corrected chi connectivity index (χ4v) is 5.49. The number of carbonyl (C=O) groups is 1. The summed E-state index contributed by atoms with van der Waals surface area (Å²) in [7, 11) is 1.54. The minimum absolute atomic E-state index is 0.0118. The second-order valence-corrected chi connectivity index (χ2v) is 7.77. The molecule has 0 heterocycles. The van der Waals surface area contributed by atoms with Gasteiger partial charge in [-0.15, -0.1) is 6.58 Å². The van der Waals surface area contributed by atoms with Gasteiger partial charge >= 0.3 is 5.97 Å². The zero-order chi connectivity index (χ0) is 15.0. The van der Waals surface area contributed by atoms with Crippen molar-refractivity contribution in [2.75, 3.05) is 7.11 Å². The first-order valence-electron chi connectivity index (χ1n) is 8.03. The van der Waals surface area contributed by atoms with Crippen LogP contribution >= 0.6 is 0 Å². The van der Waals surface area contributed by atoms with E-state index in [4.69, 9.17) is 4.74 Å². The largest absolute Gasteiger partial charge is 0.469 e. The number of hydrogen-bond donors (Lipinski definition) is 0. The lowest BCUT2D eigenvalue weighted by molar-refractivity contribution is -0.184.